The van der Waals surface area contributed by atoms with E-state index in [4.69, 9.17) is 4.74 Å². The molecule has 0 amide bonds. The van der Waals surface area contributed by atoms with Gasteiger partial charge in [0.05, 0.1) is 37.5 Å². The topological polar surface area (TPSA) is 78.0 Å². The molecule has 3 heterocycles. The summed E-state index contributed by atoms with van der Waals surface area (Å²) in [4.78, 5) is 8.76. The summed E-state index contributed by atoms with van der Waals surface area (Å²) in [5.74, 6) is -3.25. The molecule has 0 unspecified atom stereocenters. The lowest BCUT2D eigenvalue weighted by Crippen LogP contribution is -2.29. The van der Waals surface area contributed by atoms with Crippen molar-refractivity contribution in [3.63, 3.8) is 0 Å². The Kier molecular flexibility index (Phi) is 5.89. The molecule has 2 aromatic carbocycles. The van der Waals surface area contributed by atoms with Crippen LogP contribution in [-0.4, -0.2) is 42.6 Å². The van der Waals surface area contributed by atoms with Gasteiger partial charge in [0.15, 0.2) is 23.3 Å². The number of aliphatic hydroxyl groups is 1. The Hall–Kier alpha value is -3.92. The fraction of sp³-hybridized carbons (Fsp3) is 0.240. The molecule has 10 heteroatoms. The zero-order valence-corrected chi connectivity index (χ0v) is 19.0. The van der Waals surface area contributed by atoms with Crippen molar-refractivity contribution in [3.05, 3.63) is 88.8 Å². The summed E-state index contributed by atoms with van der Waals surface area (Å²) in [6, 6.07) is 7.57. The van der Waals surface area contributed by atoms with Gasteiger partial charge in [0.1, 0.15) is 11.6 Å². The van der Waals surface area contributed by atoms with Crippen LogP contribution in [0, 0.1) is 24.4 Å². The van der Waals surface area contributed by atoms with Crippen LogP contribution in [-0.2, 0) is 6.54 Å². The van der Waals surface area contributed by atoms with E-state index in [9.17, 15) is 18.3 Å². The van der Waals surface area contributed by atoms with Crippen molar-refractivity contribution in [2.75, 3.05) is 7.11 Å². The molecular formula is C25H22F3N5O2. The van der Waals surface area contributed by atoms with Gasteiger partial charge in [-0.1, -0.05) is 12.1 Å². The molecule has 0 aliphatic carbocycles. The number of imidazole rings is 1. The standard InChI is InChI=1S/C25H22F3N5O2/c1-14-11-32(13-29-14)21-5-3-15(7-22(21)35-2)4-6-23-30-25-18(10-17(34)12-33(25)31-23)16-8-19(26)24(28)20(27)9-16/h3-9,11,13,17-18,34H,10,12H2,1-2H3/b6-4+/t17-,18+/m1/s1. The Balaban J connectivity index is 1.44. The molecule has 1 N–H and O–H groups in total. The van der Waals surface area contributed by atoms with Gasteiger partial charge in [-0.05, 0) is 54.8 Å². The Morgan fingerprint density at radius 2 is 1.89 bits per heavy atom. The molecule has 0 fully saturated rings. The summed E-state index contributed by atoms with van der Waals surface area (Å²) in [7, 11) is 1.59. The first-order valence-electron chi connectivity index (χ1n) is 11.0. The van der Waals surface area contributed by atoms with Crippen molar-refractivity contribution in [3.8, 4) is 11.4 Å². The minimum Gasteiger partial charge on any atom is -0.495 e. The van der Waals surface area contributed by atoms with Crippen LogP contribution in [0.3, 0.4) is 0 Å². The van der Waals surface area contributed by atoms with Crippen molar-refractivity contribution < 1.29 is 23.0 Å². The molecule has 4 aromatic rings. The van der Waals surface area contributed by atoms with Gasteiger partial charge in [0, 0.05) is 12.1 Å². The van der Waals surface area contributed by atoms with Crippen molar-refractivity contribution in [1.29, 1.82) is 0 Å². The molecule has 35 heavy (non-hydrogen) atoms. The van der Waals surface area contributed by atoms with E-state index >= 15 is 0 Å². The quantitative estimate of drug-likeness (QED) is 0.431. The summed E-state index contributed by atoms with van der Waals surface area (Å²) in [6.07, 6.45) is 6.54. The lowest BCUT2D eigenvalue weighted by molar-refractivity contribution is 0.117. The molecule has 1 aliphatic heterocycles. The zero-order chi connectivity index (χ0) is 24.7. The number of aliphatic hydroxyl groups excluding tert-OH is 1. The van der Waals surface area contributed by atoms with Crippen LogP contribution in [0.15, 0.2) is 42.9 Å². The molecule has 0 bridgehead atoms. The lowest BCUT2D eigenvalue weighted by Gasteiger charge is -2.26. The largest absolute Gasteiger partial charge is 0.495 e. The van der Waals surface area contributed by atoms with E-state index in [1.807, 2.05) is 42.0 Å². The van der Waals surface area contributed by atoms with Crippen LogP contribution < -0.4 is 4.74 Å². The monoisotopic (exact) mass is 481 g/mol. The number of aryl methyl sites for hydroxylation is 1. The lowest BCUT2D eigenvalue weighted by atomic mass is 9.89. The highest BCUT2D eigenvalue weighted by molar-refractivity contribution is 5.69. The van der Waals surface area contributed by atoms with Gasteiger partial charge < -0.3 is 14.4 Å². The molecule has 5 rings (SSSR count). The number of benzene rings is 2. The van der Waals surface area contributed by atoms with Crippen LogP contribution in [0.5, 0.6) is 5.75 Å². The van der Waals surface area contributed by atoms with E-state index in [1.165, 1.54) is 4.68 Å². The zero-order valence-electron chi connectivity index (χ0n) is 19.0. The van der Waals surface area contributed by atoms with Gasteiger partial charge in [-0.2, -0.15) is 5.10 Å². The van der Waals surface area contributed by atoms with Gasteiger partial charge in [0.2, 0.25) is 0 Å². The number of hydrogen-bond donors (Lipinski definition) is 1. The Morgan fingerprint density at radius 1 is 1.11 bits per heavy atom. The Bertz CT molecular complexity index is 1410. The molecule has 1 aliphatic rings. The average Bonchev–Trinajstić information content (AvgIpc) is 3.45. The molecule has 0 spiro atoms. The van der Waals surface area contributed by atoms with Crippen LogP contribution in [0.1, 0.15) is 40.8 Å². The van der Waals surface area contributed by atoms with Crippen molar-refractivity contribution in [1.82, 2.24) is 24.3 Å². The first-order chi connectivity index (χ1) is 16.8. The van der Waals surface area contributed by atoms with Crippen LogP contribution in [0.2, 0.25) is 0 Å². The molecule has 0 radical (unpaired) electrons. The van der Waals surface area contributed by atoms with Crippen LogP contribution in [0.25, 0.3) is 17.8 Å². The van der Waals surface area contributed by atoms with E-state index in [0.29, 0.717) is 17.4 Å². The van der Waals surface area contributed by atoms with Crippen LogP contribution >= 0.6 is 0 Å². The van der Waals surface area contributed by atoms with E-state index in [-0.39, 0.29) is 18.5 Å². The molecule has 0 saturated heterocycles. The second-order valence-electron chi connectivity index (χ2n) is 8.44. The third kappa shape index (κ3) is 4.44. The first kappa shape index (κ1) is 22.9. The summed E-state index contributed by atoms with van der Waals surface area (Å²) in [6.45, 7) is 2.11. The number of hydrogen-bond acceptors (Lipinski definition) is 5. The highest BCUT2D eigenvalue weighted by Gasteiger charge is 2.31. The molecule has 0 saturated carbocycles. The second-order valence-corrected chi connectivity index (χ2v) is 8.44. The van der Waals surface area contributed by atoms with Crippen molar-refractivity contribution in [2.45, 2.75) is 31.9 Å². The smallest absolute Gasteiger partial charge is 0.194 e. The summed E-state index contributed by atoms with van der Waals surface area (Å²) in [5, 5.41) is 14.7. The van der Waals surface area contributed by atoms with Gasteiger partial charge in [-0.25, -0.2) is 27.8 Å². The van der Waals surface area contributed by atoms with Gasteiger partial charge >= 0.3 is 0 Å². The normalized spacial score (nSPS) is 17.7. The first-order valence-corrected chi connectivity index (χ1v) is 11.0. The summed E-state index contributed by atoms with van der Waals surface area (Å²) < 4.78 is 50.0. The van der Waals surface area contributed by atoms with Gasteiger partial charge in [-0.3, -0.25) is 0 Å². The predicted molar refractivity (Wildman–Crippen MR) is 123 cm³/mol. The molecule has 2 aromatic heterocycles. The van der Waals surface area contributed by atoms with Gasteiger partial charge in [0.25, 0.3) is 0 Å². The molecule has 2 atom stereocenters. The third-order valence-corrected chi connectivity index (χ3v) is 5.95. The fourth-order valence-corrected chi connectivity index (χ4v) is 4.28. The maximum Gasteiger partial charge on any atom is 0.194 e. The maximum atomic E-state index is 13.8. The highest BCUT2D eigenvalue weighted by atomic mass is 19.2. The predicted octanol–water partition coefficient (Wildman–Crippen LogP) is 4.27. The Morgan fingerprint density at radius 3 is 2.57 bits per heavy atom. The summed E-state index contributed by atoms with van der Waals surface area (Å²) in [5.41, 5.74) is 2.77. The number of aromatic nitrogens is 5. The third-order valence-electron chi connectivity index (χ3n) is 5.95. The van der Waals surface area contributed by atoms with E-state index in [1.54, 1.807) is 19.5 Å². The minimum absolute atomic E-state index is 0.193. The van der Waals surface area contributed by atoms with E-state index < -0.39 is 29.5 Å². The average molecular weight is 481 g/mol. The summed E-state index contributed by atoms with van der Waals surface area (Å²) >= 11 is 0. The number of fused-ring (bicyclic) bond motifs is 1. The minimum atomic E-state index is -1.53. The van der Waals surface area contributed by atoms with E-state index in [2.05, 4.69) is 15.1 Å². The maximum absolute atomic E-state index is 13.8. The van der Waals surface area contributed by atoms with Crippen LogP contribution in [0.4, 0.5) is 13.2 Å². The Labute approximate surface area is 199 Å². The second kappa shape index (κ2) is 9.03. The number of nitrogens with zero attached hydrogens (tertiary/aromatic N) is 5. The number of methoxy groups -OCH3 is 1. The number of halogens is 3. The molecule has 7 nitrogen and oxygen atoms in total. The van der Waals surface area contributed by atoms with Gasteiger partial charge in [-0.15, -0.1) is 0 Å². The SMILES string of the molecule is COc1cc(/C=C/c2nc3n(n2)C[C@H](O)C[C@H]3c2cc(F)c(F)c(F)c2)ccc1-n1cnc(C)c1. The van der Waals surface area contributed by atoms with Crippen molar-refractivity contribution >= 4 is 12.2 Å². The molecular weight excluding hydrogens is 459 g/mol. The van der Waals surface area contributed by atoms with E-state index in [0.717, 1.165) is 29.1 Å². The van der Waals surface area contributed by atoms with Crippen molar-refractivity contribution in [2.24, 2.45) is 0 Å². The number of ether oxygens (including phenoxy) is 1. The highest BCUT2D eigenvalue weighted by Crippen LogP contribution is 2.34. The fourth-order valence-electron chi connectivity index (χ4n) is 4.28. The number of rotatable bonds is 5. The molecule has 180 valence electrons.